The number of hydrogen-bond donors (Lipinski definition) is 0. The Bertz CT molecular complexity index is 293. The predicted molar refractivity (Wildman–Crippen MR) is 43.5 cm³/mol. The van der Waals surface area contributed by atoms with Crippen molar-refractivity contribution in [1.29, 1.82) is 5.26 Å². The average Bonchev–Trinajstić information content (AvgIpc) is 2.06. The van der Waals surface area contributed by atoms with Crippen LogP contribution in [0.15, 0.2) is 30.1 Å². The van der Waals surface area contributed by atoms with E-state index < -0.39 is 0 Å². The summed E-state index contributed by atoms with van der Waals surface area (Å²) in [5, 5.41) is 8.46. The number of allylic oxidation sites excluding steroid dienone is 1. The molecule has 54 valence electrons. The third-order valence-corrected chi connectivity index (χ3v) is 1.24. The minimum Gasteiger partial charge on any atom is -0.264 e. The van der Waals surface area contributed by atoms with Crippen LogP contribution in [-0.2, 0) is 0 Å². The van der Waals surface area contributed by atoms with E-state index in [1.807, 2.05) is 18.2 Å². The van der Waals surface area contributed by atoms with Gasteiger partial charge in [-0.1, -0.05) is 6.07 Å². The fraction of sp³-hybridized carbons (Fsp3) is 0.111. The minimum atomic E-state index is 0.693. The van der Waals surface area contributed by atoms with Crippen LogP contribution in [0.25, 0.3) is 6.08 Å². The summed E-state index contributed by atoms with van der Waals surface area (Å²) in [4.78, 5) is 3.92. The zero-order valence-electron chi connectivity index (χ0n) is 6.28. The lowest BCUT2D eigenvalue weighted by Crippen LogP contribution is -1.75. The average molecular weight is 144 g/mol. The van der Waals surface area contributed by atoms with Crippen LogP contribution >= 0.6 is 0 Å². The second-order valence-corrected chi connectivity index (χ2v) is 2.23. The van der Waals surface area contributed by atoms with Gasteiger partial charge in [0.15, 0.2) is 0 Å². The molecular weight excluding hydrogens is 136 g/mol. The van der Waals surface area contributed by atoms with Crippen LogP contribution in [-0.4, -0.2) is 4.98 Å². The van der Waals surface area contributed by atoms with Gasteiger partial charge in [-0.15, -0.1) is 0 Å². The van der Waals surface area contributed by atoms with Crippen LogP contribution in [0.3, 0.4) is 0 Å². The van der Waals surface area contributed by atoms with E-state index in [-0.39, 0.29) is 0 Å². The zero-order valence-corrected chi connectivity index (χ0v) is 6.28. The van der Waals surface area contributed by atoms with Crippen molar-refractivity contribution in [2.45, 2.75) is 6.92 Å². The fourth-order valence-corrected chi connectivity index (χ4v) is 0.744. The van der Waals surface area contributed by atoms with E-state index in [0.717, 1.165) is 5.56 Å². The Hall–Kier alpha value is -1.62. The number of aromatic nitrogens is 1. The third kappa shape index (κ3) is 2.23. The Morgan fingerprint density at radius 3 is 3.09 bits per heavy atom. The van der Waals surface area contributed by atoms with E-state index in [0.29, 0.717) is 5.57 Å². The van der Waals surface area contributed by atoms with Crippen LogP contribution in [0.4, 0.5) is 0 Å². The Morgan fingerprint density at radius 2 is 2.55 bits per heavy atom. The summed E-state index contributed by atoms with van der Waals surface area (Å²) >= 11 is 0. The minimum absolute atomic E-state index is 0.693. The highest BCUT2D eigenvalue weighted by atomic mass is 14.6. The van der Waals surface area contributed by atoms with Crippen molar-refractivity contribution in [1.82, 2.24) is 4.98 Å². The molecule has 0 atom stereocenters. The summed E-state index contributed by atoms with van der Waals surface area (Å²) in [5.74, 6) is 0. The molecule has 0 saturated carbocycles. The van der Waals surface area contributed by atoms with Crippen LogP contribution < -0.4 is 0 Å². The first-order valence-corrected chi connectivity index (χ1v) is 3.31. The van der Waals surface area contributed by atoms with Gasteiger partial charge >= 0.3 is 0 Å². The number of nitrogens with zero attached hydrogens (tertiary/aromatic N) is 2. The SMILES string of the molecule is C/C(C#N)=C/c1cccnc1. The number of nitriles is 1. The Morgan fingerprint density at radius 1 is 1.73 bits per heavy atom. The molecule has 0 aromatic carbocycles. The van der Waals surface area contributed by atoms with Gasteiger partial charge in [-0.2, -0.15) is 5.26 Å². The van der Waals surface area contributed by atoms with E-state index in [2.05, 4.69) is 4.98 Å². The van der Waals surface area contributed by atoms with Crippen LogP contribution in [0, 0.1) is 11.3 Å². The molecule has 0 radical (unpaired) electrons. The molecule has 0 aliphatic carbocycles. The van der Waals surface area contributed by atoms with Crippen molar-refractivity contribution in [3.05, 3.63) is 35.7 Å². The van der Waals surface area contributed by atoms with Gasteiger partial charge in [0, 0.05) is 18.0 Å². The van der Waals surface area contributed by atoms with Crippen LogP contribution in [0.5, 0.6) is 0 Å². The normalized spacial score (nSPS) is 10.7. The van der Waals surface area contributed by atoms with Gasteiger partial charge in [-0.3, -0.25) is 4.98 Å². The molecule has 0 amide bonds. The molecule has 0 aliphatic heterocycles. The molecule has 2 nitrogen and oxygen atoms in total. The first kappa shape index (κ1) is 7.49. The molecule has 0 spiro atoms. The van der Waals surface area contributed by atoms with Crippen molar-refractivity contribution in [3.63, 3.8) is 0 Å². The lowest BCUT2D eigenvalue weighted by Gasteiger charge is -1.89. The van der Waals surface area contributed by atoms with Crippen molar-refractivity contribution < 1.29 is 0 Å². The van der Waals surface area contributed by atoms with E-state index in [1.54, 1.807) is 25.4 Å². The van der Waals surface area contributed by atoms with Gasteiger partial charge < -0.3 is 0 Å². The van der Waals surface area contributed by atoms with Crippen molar-refractivity contribution in [2.75, 3.05) is 0 Å². The van der Waals surface area contributed by atoms with Gasteiger partial charge in [0.05, 0.1) is 6.07 Å². The van der Waals surface area contributed by atoms with Gasteiger partial charge in [-0.25, -0.2) is 0 Å². The standard InChI is InChI=1S/C9H8N2/c1-8(6-10)5-9-3-2-4-11-7-9/h2-5,7H,1H3/b8-5-. The molecule has 1 aromatic heterocycles. The molecule has 0 aliphatic rings. The Kier molecular flexibility index (Phi) is 2.40. The summed E-state index contributed by atoms with van der Waals surface area (Å²) in [6, 6.07) is 5.80. The maximum absolute atomic E-state index is 8.46. The third-order valence-electron chi connectivity index (χ3n) is 1.24. The highest BCUT2D eigenvalue weighted by Gasteiger charge is 1.86. The second kappa shape index (κ2) is 3.52. The quantitative estimate of drug-likeness (QED) is 0.565. The highest BCUT2D eigenvalue weighted by molar-refractivity contribution is 5.54. The Labute approximate surface area is 65.8 Å². The molecule has 1 heterocycles. The first-order chi connectivity index (χ1) is 5.33. The molecular formula is C9H8N2. The lowest BCUT2D eigenvalue weighted by atomic mass is 10.2. The lowest BCUT2D eigenvalue weighted by molar-refractivity contribution is 1.31. The second-order valence-electron chi connectivity index (χ2n) is 2.23. The van der Waals surface area contributed by atoms with Crippen LogP contribution in [0.1, 0.15) is 12.5 Å². The number of hydrogen-bond acceptors (Lipinski definition) is 2. The largest absolute Gasteiger partial charge is 0.264 e. The summed E-state index contributed by atoms with van der Waals surface area (Å²) < 4.78 is 0. The molecule has 0 saturated heterocycles. The van der Waals surface area contributed by atoms with Crippen molar-refractivity contribution in [2.24, 2.45) is 0 Å². The smallest absolute Gasteiger partial charge is 0.0944 e. The van der Waals surface area contributed by atoms with Gasteiger partial charge in [0.25, 0.3) is 0 Å². The molecule has 2 heteroatoms. The molecule has 0 N–H and O–H groups in total. The number of rotatable bonds is 1. The highest BCUT2D eigenvalue weighted by Crippen LogP contribution is 2.02. The maximum Gasteiger partial charge on any atom is 0.0944 e. The zero-order chi connectivity index (χ0) is 8.10. The van der Waals surface area contributed by atoms with E-state index in [4.69, 9.17) is 5.26 Å². The summed E-state index contributed by atoms with van der Waals surface area (Å²) in [6.07, 6.45) is 5.23. The molecule has 1 rings (SSSR count). The summed E-state index contributed by atoms with van der Waals surface area (Å²) in [5.41, 5.74) is 1.66. The fourth-order valence-electron chi connectivity index (χ4n) is 0.744. The van der Waals surface area contributed by atoms with Gasteiger partial charge in [0.2, 0.25) is 0 Å². The topological polar surface area (TPSA) is 36.7 Å². The monoisotopic (exact) mass is 144 g/mol. The van der Waals surface area contributed by atoms with Gasteiger partial charge in [0.1, 0.15) is 0 Å². The predicted octanol–water partition coefficient (Wildman–Crippen LogP) is 2.01. The van der Waals surface area contributed by atoms with E-state index >= 15 is 0 Å². The first-order valence-electron chi connectivity index (χ1n) is 3.31. The van der Waals surface area contributed by atoms with Crippen molar-refractivity contribution in [3.8, 4) is 6.07 Å². The molecule has 0 fully saturated rings. The maximum atomic E-state index is 8.46. The number of pyridine rings is 1. The Balaban J connectivity index is 2.90. The summed E-state index contributed by atoms with van der Waals surface area (Å²) in [7, 11) is 0. The molecule has 0 bridgehead atoms. The van der Waals surface area contributed by atoms with E-state index in [9.17, 15) is 0 Å². The van der Waals surface area contributed by atoms with Crippen LogP contribution in [0.2, 0.25) is 0 Å². The van der Waals surface area contributed by atoms with Gasteiger partial charge in [-0.05, 0) is 24.6 Å². The van der Waals surface area contributed by atoms with Crippen molar-refractivity contribution >= 4 is 6.08 Å². The molecule has 0 unspecified atom stereocenters. The molecule has 11 heavy (non-hydrogen) atoms. The van der Waals surface area contributed by atoms with E-state index in [1.165, 1.54) is 0 Å². The molecule has 1 aromatic rings. The summed E-state index contributed by atoms with van der Waals surface area (Å²) in [6.45, 7) is 1.77.